The van der Waals surface area contributed by atoms with E-state index in [2.05, 4.69) is 5.32 Å². The van der Waals surface area contributed by atoms with Crippen LogP contribution < -0.4 is 14.4 Å². The maximum Gasteiger partial charge on any atom is 0.265 e. The molecule has 158 valence electrons. The minimum absolute atomic E-state index is 0.0412. The molecule has 0 saturated heterocycles. The van der Waals surface area contributed by atoms with Crippen molar-refractivity contribution in [3.63, 3.8) is 0 Å². The highest BCUT2D eigenvalue weighted by atomic mass is 35.5. The van der Waals surface area contributed by atoms with E-state index < -0.39 is 15.9 Å². The van der Waals surface area contributed by atoms with Crippen molar-refractivity contribution in [2.75, 3.05) is 18.0 Å². The summed E-state index contributed by atoms with van der Waals surface area (Å²) in [7, 11) is -2.48. The van der Waals surface area contributed by atoms with E-state index in [1.54, 1.807) is 29.6 Å². The average Bonchev–Trinajstić information content (AvgIpc) is 3.24. The number of benzene rings is 2. The number of hydrogen-bond acceptors (Lipinski definition) is 5. The summed E-state index contributed by atoms with van der Waals surface area (Å²) in [5, 5.41) is 4.89. The predicted octanol–water partition coefficient (Wildman–Crippen LogP) is 4.56. The lowest BCUT2D eigenvalue weighted by Crippen LogP contribution is -2.29. The third-order valence-electron chi connectivity index (χ3n) is 4.38. The van der Waals surface area contributed by atoms with Gasteiger partial charge in [-0.2, -0.15) is 0 Å². The van der Waals surface area contributed by atoms with Gasteiger partial charge in [0.2, 0.25) is 0 Å². The number of halogens is 1. The molecule has 0 aliphatic heterocycles. The van der Waals surface area contributed by atoms with E-state index in [0.29, 0.717) is 23.1 Å². The van der Waals surface area contributed by atoms with Gasteiger partial charge in [-0.15, -0.1) is 11.3 Å². The molecule has 9 heteroatoms. The van der Waals surface area contributed by atoms with Crippen LogP contribution in [0.4, 0.5) is 5.69 Å². The van der Waals surface area contributed by atoms with E-state index in [9.17, 15) is 13.2 Å². The summed E-state index contributed by atoms with van der Waals surface area (Å²) >= 11 is 6.96. The van der Waals surface area contributed by atoms with Gasteiger partial charge in [0.05, 0.1) is 12.3 Å². The first-order valence-electron chi connectivity index (χ1n) is 9.15. The fraction of sp³-hybridized carbons (Fsp3) is 0.190. The lowest BCUT2D eigenvalue weighted by atomic mass is 10.2. The molecule has 3 rings (SSSR count). The molecule has 0 bridgehead atoms. The molecule has 30 heavy (non-hydrogen) atoms. The van der Waals surface area contributed by atoms with Crippen molar-refractivity contribution in [2.45, 2.75) is 18.4 Å². The lowest BCUT2D eigenvalue weighted by Gasteiger charge is -2.19. The quantitative estimate of drug-likeness (QED) is 0.530. The Morgan fingerprint density at radius 2 is 1.83 bits per heavy atom. The van der Waals surface area contributed by atoms with Crippen LogP contribution in [0.5, 0.6) is 5.75 Å². The van der Waals surface area contributed by atoms with E-state index in [1.165, 1.54) is 13.1 Å². The fourth-order valence-corrected chi connectivity index (χ4v) is 5.44. The zero-order valence-electron chi connectivity index (χ0n) is 16.5. The number of para-hydroxylation sites is 1. The Kier molecular flexibility index (Phi) is 7.02. The van der Waals surface area contributed by atoms with Gasteiger partial charge in [-0.3, -0.25) is 9.10 Å². The number of carbonyl (C=O) groups is 1. The number of rotatable bonds is 8. The summed E-state index contributed by atoms with van der Waals surface area (Å²) in [6.07, 6.45) is 0. The molecule has 1 heterocycles. The summed E-state index contributed by atoms with van der Waals surface area (Å²) in [4.78, 5) is 12.9. The second-order valence-electron chi connectivity index (χ2n) is 6.29. The number of sulfonamides is 1. The predicted molar refractivity (Wildman–Crippen MR) is 120 cm³/mol. The Morgan fingerprint density at radius 1 is 1.13 bits per heavy atom. The first-order valence-corrected chi connectivity index (χ1v) is 11.8. The molecule has 1 amide bonds. The molecule has 0 saturated carbocycles. The van der Waals surface area contributed by atoms with Crippen molar-refractivity contribution in [3.05, 3.63) is 75.4 Å². The van der Waals surface area contributed by atoms with Crippen LogP contribution in [0, 0.1) is 0 Å². The van der Waals surface area contributed by atoms with Crippen molar-refractivity contribution >= 4 is 44.6 Å². The number of thiophene rings is 1. The van der Waals surface area contributed by atoms with Crippen LogP contribution in [-0.2, 0) is 16.6 Å². The molecular weight excluding hydrogens is 444 g/mol. The number of hydrogen-bond donors (Lipinski definition) is 1. The van der Waals surface area contributed by atoms with Gasteiger partial charge in [0.15, 0.2) is 0 Å². The van der Waals surface area contributed by atoms with Crippen molar-refractivity contribution in [2.24, 2.45) is 0 Å². The smallest absolute Gasteiger partial charge is 0.265 e. The molecule has 3 aromatic rings. The molecule has 0 aliphatic carbocycles. The molecule has 0 atom stereocenters. The van der Waals surface area contributed by atoms with E-state index in [1.807, 2.05) is 31.2 Å². The first-order chi connectivity index (χ1) is 14.3. The third-order valence-corrected chi connectivity index (χ3v) is 7.50. The summed E-state index contributed by atoms with van der Waals surface area (Å²) in [6.45, 7) is 2.62. The highest BCUT2D eigenvalue weighted by Gasteiger charge is 2.28. The highest BCUT2D eigenvalue weighted by Crippen LogP contribution is 2.29. The van der Waals surface area contributed by atoms with Gasteiger partial charge in [-0.05, 0) is 48.7 Å². The molecule has 0 aliphatic rings. The Bertz CT molecular complexity index is 1130. The van der Waals surface area contributed by atoms with Crippen LogP contribution in [0.3, 0.4) is 0 Å². The van der Waals surface area contributed by atoms with Crippen molar-refractivity contribution in [1.29, 1.82) is 0 Å². The maximum atomic E-state index is 13.1. The van der Waals surface area contributed by atoms with Crippen LogP contribution >= 0.6 is 22.9 Å². The van der Waals surface area contributed by atoms with Crippen molar-refractivity contribution < 1.29 is 17.9 Å². The number of nitrogens with one attached hydrogen (secondary N) is 1. The lowest BCUT2D eigenvalue weighted by molar-refractivity contribution is 0.0951. The highest BCUT2D eigenvalue weighted by molar-refractivity contribution is 7.93. The number of carbonyl (C=O) groups excluding carboxylic acids is 1. The minimum Gasteiger partial charge on any atom is -0.494 e. The van der Waals surface area contributed by atoms with E-state index >= 15 is 0 Å². The Labute approximate surface area is 185 Å². The summed E-state index contributed by atoms with van der Waals surface area (Å²) in [6, 6.07) is 15.3. The van der Waals surface area contributed by atoms with Crippen molar-refractivity contribution in [1.82, 2.24) is 5.32 Å². The van der Waals surface area contributed by atoms with Crippen LogP contribution in [0.1, 0.15) is 22.2 Å². The van der Waals surface area contributed by atoms with Gasteiger partial charge in [-0.1, -0.05) is 29.8 Å². The number of anilines is 1. The number of amides is 1. The Hall–Kier alpha value is -2.55. The summed E-state index contributed by atoms with van der Waals surface area (Å²) in [5.74, 6) is 0.223. The molecule has 0 radical (unpaired) electrons. The fourth-order valence-electron chi connectivity index (χ4n) is 2.81. The molecule has 2 aromatic carbocycles. The van der Waals surface area contributed by atoms with Crippen LogP contribution in [0.15, 0.2) is 64.9 Å². The van der Waals surface area contributed by atoms with Gasteiger partial charge >= 0.3 is 0 Å². The molecule has 0 fully saturated rings. The molecule has 6 nitrogen and oxygen atoms in total. The average molecular weight is 465 g/mol. The topological polar surface area (TPSA) is 75.7 Å². The molecular formula is C21H21ClN2O4S2. The molecule has 0 unspecified atom stereocenters. The number of nitrogens with zero attached hydrogens (tertiary/aromatic N) is 1. The largest absolute Gasteiger partial charge is 0.494 e. The molecule has 0 spiro atoms. The maximum absolute atomic E-state index is 13.1. The van der Waals surface area contributed by atoms with Crippen LogP contribution in [0.25, 0.3) is 0 Å². The monoisotopic (exact) mass is 464 g/mol. The van der Waals surface area contributed by atoms with E-state index in [-0.39, 0.29) is 16.3 Å². The second-order valence-corrected chi connectivity index (χ2v) is 9.58. The zero-order chi connectivity index (χ0) is 21.7. The second kappa shape index (κ2) is 9.51. The summed E-state index contributed by atoms with van der Waals surface area (Å²) < 4.78 is 32.9. The van der Waals surface area contributed by atoms with Crippen LogP contribution in [-0.4, -0.2) is 28.0 Å². The molecule has 1 aromatic heterocycles. The zero-order valence-corrected chi connectivity index (χ0v) is 18.9. The number of ether oxygens (including phenoxy) is 1. The standard InChI is InChI=1S/C21H21ClN2O4S2/c1-3-28-18-7-5-4-6-15(18)14-23-21(25)20-19(12-13-29-20)30(26,27)24(2)17-10-8-16(22)9-11-17/h4-13H,3,14H2,1-2H3,(H,23,25). The van der Waals surface area contributed by atoms with Gasteiger partial charge in [0, 0.05) is 24.2 Å². The van der Waals surface area contributed by atoms with E-state index in [0.717, 1.165) is 21.2 Å². The normalized spacial score (nSPS) is 11.2. The minimum atomic E-state index is -3.92. The van der Waals surface area contributed by atoms with Crippen molar-refractivity contribution in [3.8, 4) is 5.75 Å². The van der Waals surface area contributed by atoms with E-state index in [4.69, 9.17) is 16.3 Å². The SMILES string of the molecule is CCOc1ccccc1CNC(=O)c1sccc1S(=O)(=O)N(C)c1ccc(Cl)cc1. The van der Waals surface area contributed by atoms with Gasteiger partial charge < -0.3 is 10.1 Å². The summed E-state index contributed by atoms with van der Waals surface area (Å²) in [5.41, 5.74) is 1.26. The Morgan fingerprint density at radius 3 is 2.53 bits per heavy atom. The van der Waals surface area contributed by atoms with Gasteiger partial charge in [-0.25, -0.2) is 8.42 Å². The van der Waals surface area contributed by atoms with Crippen LogP contribution in [0.2, 0.25) is 5.02 Å². The third kappa shape index (κ3) is 4.77. The Balaban J connectivity index is 1.80. The van der Waals surface area contributed by atoms with Gasteiger partial charge in [0.25, 0.3) is 15.9 Å². The first kappa shape index (κ1) is 22.1. The molecule has 1 N–H and O–H groups in total. The van der Waals surface area contributed by atoms with Gasteiger partial charge in [0.1, 0.15) is 15.5 Å².